The predicted molar refractivity (Wildman–Crippen MR) is 97.4 cm³/mol. The van der Waals surface area contributed by atoms with E-state index in [9.17, 15) is 14.7 Å². The first-order valence-electron chi connectivity index (χ1n) is 8.49. The zero-order chi connectivity index (χ0) is 19.4. The highest BCUT2D eigenvalue weighted by Crippen LogP contribution is 2.35. The van der Waals surface area contributed by atoms with E-state index in [2.05, 4.69) is 5.32 Å². The van der Waals surface area contributed by atoms with Crippen molar-refractivity contribution in [3.05, 3.63) is 53.6 Å². The molecule has 0 unspecified atom stereocenters. The number of amides is 1. The fourth-order valence-corrected chi connectivity index (χ4v) is 3.15. The largest absolute Gasteiger partial charge is 0.493 e. The topological polar surface area (TPSA) is 94.1 Å². The minimum Gasteiger partial charge on any atom is -0.493 e. The number of hydrogen-bond acceptors (Lipinski definition) is 5. The molecule has 0 saturated heterocycles. The molecule has 2 aromatic rings. The Labute approximate surface area is 156 Å². The zero-order valence-electron chi connectivity index (χ0n) is 15.1. The molecule has 2 N–H and O–H groups in total. The fraction of sp³-hybridized carbons (Fsp3) is 0.300. The molecule has 0 aromatic heterocycles. The molecule has 0 fully saturated rings. The highest BCUT2D eigenvalue weighted by molar-refractivity contribution is 5.86. The summed E-state index contributed by atoms with van der Waals surface area (Å²) in [5, 5.41) is 12.1. The average molecular weight is 371 g/mol. The molecule has 0 aliphatic carbocycles. The number of rotatable bonds is 7. The first kappa shape index (κ1) is 18.6. The van der Waals surface area contributed by atoms with Gasteiger partial charge in [0.25, 0.3) is 0 Å². The minimum absolute atomic E-state index is 0.233. The van der Waals surface area contributed by atoms with Crippen LogP contribution in [0.25, 0.3) is 0 Å². The highest BCUT2D eigenvalue weighted by Gasteiger charge is 2.32. The van der Waals surface area contributed by atoms with Crippen LogP contribution in [0.5, 0.6) is 17.2 Å². The Kier molecular flexibility index (Phi) is 5.49. The molecule has 0 bridgehead atoms. The molecule has 2 aromatic carbocycles. The van der Waals surface area contributed by atoms with Crippen LogP contribution in [0.4, 0.5) is 0 Å². The Morgan fingerprint density at radius 3 is 2.63 bits per heavy atom. The number of benzene rings is 2. The molecule has 2 atom stereocenters. The van der Waals surface area contributed by atoms with Crippen molar-refractivity contribution in [1.29, 1.82) is 0 Å². The number of carboxylic acid groups (broad SMARTS) is 1. The lowest BCUT2D eigenvalue weighted by molar-refractivity contribution is -0.137. The van der Waals surface area contributed by atoms with Gasteiger partial charge < -0.3 is 24.6 Å². The van der Waals surface area contributed by atoms with Gasteiger partial charge >= 0.3 is 5.97 Å². The molecule has 0 saturated carbocycles. The Bertz CT molecular complexity index is 850. The highest BCUT2D eigenvalue weighted by atomic mass is 16.5. The summed E-state index contributed by atoms with van der Waals surface area (Å²) in [4.78, 5) is 24.1. The van der Waals surface area contributed by atoms with Crippen LogP contribution >= 0.6 is 0 Å². The minimum atomic E-state index is -1.02. The Hall–Kier alpha value is -3.22. The van der Waals surface area contributed by atoms with Crippen molar-refractivity contribution in [2.75, 3.05) is 20.8 Å². The second-order valence-corrected chi connectivity index (χ2v) is 6.17. The van der Waals surface area contributed by atoms with E-state index < -0.39 is 17.9 Å². The normalized spacial score (nSPS) is 16.0. The Morgan fingerprint density at radius 2 is 1.93 bits per heavy atom. The molecule has 7 nitrogen and oxygen atoms in total. The molecule has 1 amide bonds. The second-order valence-electron chi connectivity index (χ2n) is 6.17. The van der Waals surface area contributed by atoms with Crippen molar-refractivity contribution in [3.8, 4) is 17.2 Å². The number of hydrogen-bond donors (Lipinski definition) is 2. The van der Waals surface area contributed by atoms with Gasteiger partial charge in [0.2, 0.25) is 5.91 Å². The molecule has 0 radical (unpaired) electrons. The maximum atomic E-state index is 12.8. The van der Waals surface area contributed by atoms with E-state index in [1.807, 2.05) is 24.3 Å². The van der Waals surface area contributed by atoms with Gasteiger partial charge in [-0.2, -0.15) is 0 Å². The second kappa shape index (κ2) is 7.99. The van der Waals surface area contributed by atoms with Crippen molar-refractivity contribution in [2.24, 2.45) is 0 Å². The van der Waals surface area contributed by atoms with Gasteiger partial charge in [0.1, 0.15) is 18.3 Å². The lowest BCUT2D eigenvalue weighted by Gasteiger charge is -2.21. The molecule has 27 heavy (non-hydrogen) atoms. The van der Waals surface area contributed by atoms with E-state index in [-0.39, 0.29) is 18.9 Å². The molecular formula is C20H21NO6. The predicted octanol–water partition coefficient (Wildman–Crippen LogP) is 2.51. The summed E-state index contributed by atoms with van der Waals surface area (Å²) in [5.41, 5.74) is 1.42. The number of nitrogens with one attached hydrogen (secondary N) is 1. The first-order chi connectivity index (χ1) is 13.0. The summed E-state index contributed by atoms with van der Waals surface area (Å²) in [6.07, 6.45) is -0.254. The van der Waals surface area contributed by atoms with Crippen LogP contribution in [0.3, 0.4) is 0 Å². The van der Waals surface area contributed by atoms with E-state index in [1.54, 1.807) is 18.2 Å². The van der Waals surface area contributed by atoms with E-state index in [1.165, 1.54) is 14.2 Å². The van der Waals surface area contributed by atoms with Crippen LogP contribution in [0, 0.1) is 0 Å². The van der Waals surface area contributed by atoms with Gasteiger partial charge in [0.05, 0.1) is 26.7 Å². The Morgan fingerprint density at radius 1 is 1.19 bits per heavy atom. The molecule has 0 spiro atoms. The maximum Gasteiger partial charge on any atom is 0.305 e. The van der Waals surface area contributed by atoms with Crippen molar-refractivity contribution in [3.63, 3.8) is 0 Å². The van der Waals surface area contributed by atoms with Gasteiger partial charge in [-0.05, 0) is 23.8 Å². The van der Waals surface area contributed by atoms with Crippen LogP contribution in [0.15, 0.2) is 42.5 Å². The third-order valence-corrected chi connectivity index (χ3v) is 4.52. The van der Waals surface area contributed by atoms with Crippen LogP contribution in [-0.4, -0.2) is 37.8 Å². The van der Waals surface area contributed by atoms with Gasteiger partial charge in [-0.3, -0.25) is 9.59 Å². The van der Waals surface area contributed by atoms with Crippen molar-refractivity contribution in [1.82, 2.24) is 5.32 Å². The lowest BCUT2D eigenvalue weighted by atomic mass is 9.98. The Balaban J connectivity index is 1.84. The van der Waals surface area contributed by atoms with E-state index in [0.717, 1.165) is 5.56 Å². The molecular weight excluding hydrogens is 350 g/mol. The molecule has 1 aliphatic rings. The summed E-state index contributed by atoms with van der Waals surface area (Å²) in [6, 6.07) is 11.7. The number of fused-ring (bicyclic) bond motifs is 1. The van der Waals surface area contributed by atoms with Crippen LogP contribution in [0.1, 0.15) is 29.5 Å². The lowest BCUT2D eigenvalue weighted by Crippen LogP contribution is -2.34. The van der Waals surface area contributed by atoms with Gasteiger partial charge in [0, 0.05) is 5.56 Å². The molecule has 3 rings (SSSR count). The number of ether oxygens (including phenoxy) is 3. The third kappa shape index (κ3) is 3.97. The summed E-state index contributed by atoms with van der Waals surface area (Å²) in [6.45, 7) is 0.233. The molecule has 142 valence electrons. The quantitative estimate of drug-likeness (QED) is 0.777. The summed E-state index contributed by atoms with van der Waals surface area (Å²) in [5.74, 6) is -0.0933. The molecule has 1 aliphatic heterocycles. The number of methoxy groups -OCH3 is 2. The van der Waals surface area contributed by atoms with Gasteiger partial charge in [-0.25, -0.2) is 0 Å². The van der Waals surface area contributed by atoms with Crippen molar-refractivity contribution in [2.45, 2.75) is 18.4 Å². The zero-order valence-corrected chi connectivity index (χ0v) is 15.1. The van der Waals surface area contributed by atoms with Crippen LogP contribution in [-0.2, 0) is 9.59 Å². The SMILES string of the molecule is COc1ccc([C@@H](CC(=O)O)NC(=O)[C@@H]2COc3ccccc32)cc1OC. The van der Waals surface area contributed by atoms with Crippen molar-refractivity contribution < 1.29 is 28.9 Å². The third-order valence-electron chi connectivity index (χ3n) is 4.52. The number of aliphatic carboxylic acids is 1. The van der Waals surface area contributed by atoms with Gasteiger partial charge in [-0.15, -0.1) is 0 Å². The van der Waals surface area contributed by atoms with Crippen LogP contribution in [0.2, 0.25) is 0 Å². The first-order valence-corrected chi connectivity index (χ1v) is 8.49. The maximum absolute atomic E-state index is 12.8. The fourth-order valence-electron chi connectivity index (χ4n) is 3.15. The summed E-state index contributed by atoms with van der Waals surface area (Å²) in [7, 11) is 3.02. The summed E-state index contributed by atoms with van der Waals surface area (Å²) >= 11 is 0. The average Bonchev–Trinajstić information content (AvgIpc) is 3.10. The van der Waals surface area contributed by atoms with Crippen molar-refractivity contribution >= 4 is 11.9 Å². The van der Waals surface area contributed by atoms with Gasteiger partial charge in [-0.1, -0.05) is 24.3 Å². The number of carboxylic acids is 1. The van der Waals surface area contributed by atoms with Gasteiger partial charge in [0.15, 0.2) is 11.5 Å². The van der Waals surface area contributed by atoms with E-state index >= 15 is 0 Å². The van der Waals surface area contributed by atoms with E-state index in [0.29, 0.717) is 22.8 Å². The number of para-hydroxylation sites is 1. The number of carbonyl (C=O) groups excluding carboxylic acids is 1. The standard InChI is InChI=1S/C20H21NO6/c1-25-17-8-7-12(9-18(17)26-2)15(10-19(22)23)21-20(24)14-11-27-16-6-4-3-5-13(14)16/h3-9,14-15H,10-11H2,1-2H3,(H,21,24)(H,22,23)/t14-,15-/m1/s1. The smallest absolute Gasteiger partial charge is 0.305 e. The number of carbonyl (C=O) groups is 2. The summed E-state index contributed by atoms with van der Waals surface area (Å²) < 4.78 is 16.0. The molecule has 1 heterocycles. The monoisotopic (exact) mass is 371 g/mol. The van der Waals surface area contributed by atoms with E-state index in [4.69, 9.17) is 14.2 Å². The molecule has 7 heteroatoms. The van der Waals surface area contributed by atoms with Crippen LogP contribution < -0.4 is 19.5 Å².